The fraction of sp³-hybridized carbons (Fsp3) is 0.429. The molecule has 2 aromatic heterocycles. The number of ether oxygens (including phenoxy) is 1. The lowest BCUT2D eigenvalue weighted by Gasteiger charge is -2.11. The van der Waals surface area contributed by atoms with Crippen molar-refractivity contribution < 1.29 is 9.53 Å². The van der Waals surface area contributed by atoms with E-state index in [1.165, 1.54) is 0 Å². The molecule has 0 radical (unpaired) electrons. The molecule has 8 nitrogen and oxygen atoms in total. The van der Waals surface area contributed by atoms with Crippen molar-refractivity contribution in [3.8, 4) is 0 Å². The lowest BCUT2D eigenvalue weighted by Crippen LogP contribution is -2.27. The monoisotopic (exact) mass is 506 g/mol. The summed E-state index contributed by atoms with van der Waals surface area (Å²) in [5.74, 6) is 0.624. The third-order valence-corrected chi connectivity index (χ3v) is 5.61. The molecule has 0 unspecified atom stereocenters. The average Bonchev–Trinajstić information content (AvgIpc) is 3.13. The number of halogens is 1. The molecule has 0 fully saturated rings. The molecule has 0 saturated heterocycles. The van der Waals surface area contributed by atoms with E-state index < -0.39 is 0 Å². The Morgan fingerprint density at radius 1 is 1.29 bits per heavy atom. The van der Waals surface area contributed by atoms with E-state index in [0.717, 1.165) is 21.3 Å². The number of hydrogen-bond donors (Lipinski definition) is 2. The standard InChI is InChI=1S/C21H27BrN6O2S/c1-4-30-11-9-23-18-17-13-25-28(19(17)27-21(26-18)31-14(2)3)10-8-24-20(29)15-6-5-7-16(22)12-15/h5-7,12-14H,4,8-11H2,1-3H3,(H,24,29)(H,23,26,27). The first kappa shape index (κ1) is 23.5. The van der Waals surface area contributed by atoms with Gasteiger partial charge in [-0.1, -0.05) is 47.6 Å². The number of anilines is 1. The zero-order chi connectivity index (χ0) is 22.2. The van der Waals surface area contributed by atoms with E-state index in [-0.39, 0.29) is 5.91 Å². The summed E-state index contributed by atoms with van der Waals surface area (Å²) in [7, 11) is 0. The van der Waals surface area contributed by atoms with E-state index in [1.807, 2.05) is 19.1 Å². The van der Waals surface area contributed by atoms with E-state index >= 15 is 0 Å². The van der Waals surface area contributed by atoms with Gasteiger partial charge in [0, 0.05) is 35.0 Å². The minimum absolute atomic E-state index is 0.123. The predicted octanol–water partition coefficient (Wildman–Crippen LogP) is 3.97. The molecule has 31 heavy (non-hydrogen) atoms. The van der Waals surface area contributed by atoms with Gasteiger partial charge < -0.3 is 15.4 Å². The van der Waals surface area contributed by atoms with Crippen LogP contribution in [0.5, 0.6) is 0 Å². The molecule has 1 amide bonds. The molecule has 0 spiro atoms. The number of carbonyl (C=O) groups is 1. The molecule has 0 atom stereocenters. The lowest BCUT2D eigenvalue weighted by molar-refractivity contribution is 0.0952. The summed E-state index contributed by atoms with van der Waals surface area (Å²) in [6, 6.07) is 7.30. The van der Waals surface area contributed by atoms with Gasteiger partial charge >= 0.3 is 0 Å². The molecule has 3 rings (SSSR count). The maximum Gasteiger partial charge on any atom is 0.251 e. The first-order valence-electron chi connectivity index (χ1n) is 10.2. The van der Waals surface area contributed by atoms with Crippen molar-refractivity contribution in [2.24, 2.45) is 0 Å². The SMILES string of the molecule is CCOCCNc1nc(SC(C)C)nc2c1cnn2CCNC(=O)c1cccc(Br)c1. The maximum atomic E-state index is 12.4. The van der Waals surface area contributed by atoms with Crippen LogP contribution in [0, 0.1) is 0 Å². The van der Waals surface area contributed by atoms with Crippen LogP contribution in [-0.2, 0) is 11.3 Å². The van der Waals surface area contributed by atoms with Gasteiger partial charge in [-0.2, -0.15) is 5.10 Å². The summed E-state index contributed by atoms with van der Waals surface area (Å²) in [5.41, 5.74) is 1.35. The molecule has 0 bridgehead atoms. The van der Waals surface area contributed by atoms with Crippen LogP contribution in [0.25, 0.3) is 11.0 Å². The highest BCUT2D eigenvalue weighted by Crippen LogP contribution is 2.26. The number of hydrogen-bond acceptors (Lipinski definition) is 7. The third-order valence-electron chi connectivity index (χ3n) is 4.26. The van der Waals surface area contributed by atoms with E-state index in [1.54, 1.807) is 34.8 Å². The van der Waals surface area contributed by atoms with Crippen molar-refractivity contribution in [2.75, 3.05) is 31.6 Å². The number of amides is 1. The molecule has 10 heteroatoms. The zero-order valence-electron chi connectivity index (χ0n) is 17.9. The summed E-state index contributed by atoms with van der Waals surface area (Å²) < 4.78 is 8.08. The number of nitrogens with one attached hydrogen (secondary N) is 2. The quantitative estimate of drug-likeness (QED) is 0.231. The maximum absolute atomic E-state index is 12.4. The Bertz CT molecular complexity index is 1030. The highest BCUT2D eigenvalue weighted by molar-refractivity contribution is 9.10. The van der Waals surface area contributed by atoms with Crippen LogP contribution in [-0.4, -0.2) is 57.2 Å². The van der Waals surface area contributed by atoms with Crippen molar-refractivity contribution in [1.29, 1.82) is 0 Å². The highest BCUT2D eigenvalue weighted by Gasteiger charge is 2.14. The second-order valence-corrected chi connectivity index (χ2v) is 9.48. The highest BCUT2D eigenvalue weighted by atomic mass is 79.9. The molecule has 2 N–H and O–H groups in total. The normalized spacial score (nSPS) is 11.3. The first-order valence-corrected chi connectivity index (χ1v) is 11.9. The van der Waals surface area contributed by atoms with Crippen LogP contribution < -0.4 is 10.6 Å². The first-order chi connectivity index (χ1) is 15.0. The molecule has 166 valence electrons. The number of carbonyl (C=O) groups excluding carboxylic acids is 1. The molecule has 3 aromatic rings. The largest absolute Gasteiger partial charge is 0.380 e. The smallest absolute Gasteiger partial charge is 0.251 e. The Hall–Kier alpha value is -2.17. The Kier molecular flexibility index (Phi) is 8.68. The van der Waals surface area contributed by atoms with Crippen LogP contribution in [0.2, 0.25) is 0 Å². The van der Waals surface area contributed by atoms with Crippen LogP contribution in [0.15, 0.2) is 40.1 Å². The average molecular weight is 507 g/mol. The van der Waals surface area contributed by atoms with Crippen molar-refractivity contribution in [1.82, 2.24) is 25.1 Å². The molecule has 0 aliphatic heterocycles. The summed E-state index contributed by atoms with van der Waals surface area (Å²) in [6.07, 6.45) is 1.76. The van der Waals surface area contributed by atoms with Gasteiger partial charge in [-0.05, 0) is 25.1 Å². The Morgan fingerprint density at radius 2 is 2.13 bits per heavy atom. The topological polar surface area (TPSA) is 94.0 Å². The number of aromatic nitrogens is 4. The van der Waals surface area contributed by atoms with E-state index in [9.17, 15) is 4.79 Å². The van der Waals surface area contributed by atoms with Gasteiger partial charge in [0.25, 0.3) is 5.91 Å². The minimum atomic E-state index is -0.123. The fourth-order valence-corrected chi connectivity index (χ4v) is 3.99. The van der Waals surface area contributed by atoms with Crippen LogP contribution in [0.3, 0.4) is 0 Å². The summed E-state index contributed by atoms with van der Waals surface area (Å²) >= 11 is 4.99. The molecular weight excluding hydrogens is 480 g/mol. The van der Waals surface area contributed by atoms with E-state index in [0.29, 0.717) is 48.8 Å². The van der Waals surface area contributed by atoms with Crippen molar-refractivity contribution >= 4 is 50.5 Å². The Morgan fingerprint density at radius 3 is 2.87 bits per heavy atom. The third kappa shape index (κ3) is 6.65. The van der Waals surface area contributed by atoms with Crippen LogP contribution in [0.1, 0.15) is 31.1 Å². The second-order valence-electron chi connectivity index (χ2n) is 7.02. The molecule has 1 aromatic carbocycles. The zero-order valence-corrected chi connectivity index (χ0v) is 20.3. The van der Waals surface area contributed by atoms with Gasteiger partial charge in [0.15, 0.2) is 10.8 Å². The summed E-state index contributed by atoms with van der Waals surface area (Å²) in [6.45, 7) is 9.06. The molecule has 0 aliphatic carbocycles. The summed E-state index contributed by atoms with van der Waals surface area (Å²) in [5, 5.41) is 12.7. The van der Waals surface area contributed by atoms with Crippen molar-refractivity contribution in [3.05, 3.63) is 40.5 Å². The predicted molar refractivity (Wildman–Crippen MR) is 128 cm³/mol. The Balaban J connectivity index is 1.73. The van der Waals surface area contributed by atoms with Crippen molar-refractivity contribution in [3.63, 3.8) is 0 Å². The van der Waals surface area contributed by atoms with Gasteiger partial charge in [-0.3, -0.25) is 4.79 Å². The van der Waals surface area contributed by atoms with Gasteiger partial charge in [0.05, 0.1) is 24.7 Å². The minimum Gasteiger partial charge on any atom is -0.380 e. The van der Waals surface area contributed by atoms with Gasteiger partial charge in [0.2, 0.25) is 0 Å². The number of fused-ring (bicyclic) bond motifs is 1. The molecule has 2 heterocycles. The number of rotatable bonds is 11. The molecule has 0 aliphatic rings. The van der Waals surface area contributed by atoms with Crippen molar-refractivity contribution in [2.45, 2.75) is 37.7 Å². The second kappa shape index (κ2) is 11.4. The number of nitrogens with zero attached hydrogens (tertiary/aromatic N) is 4. The van der Waals surface area contributed by atoms with Gasteiger partial charge in [-0.25, -0.2) is 14.6 Å². The Labute approximate surface area is 194 Å². The number of thioether (sulfide) groups is 1. The fourth-order valence-electron chi connectivity index (χ4n) is 2.89. The molecular formula is C21H27BrN6O2S. The van der Waals surface area contributed by atoms with Crippen LogP contribution in [0.4, 0.5) is 5.82 Å². The van der Waals surface area contributed by atoms with E-state index in [4.69, 9.17) is 9.72 Å². The number of benzene rings is 1. The van der Waals surface area contributed by atoms with E-state index in [2.05, 4.69) is 50.5 Å². The molecule has 0 saturated carbocycles. The van der Waals surface area contributed by atoms with Crippen LogP contribution >= 0.6 is 27.7 Å². The van der Waals surface area contributed by atoms with Gasteiger partial charge in [0.1, 0.15) is 5.82 Å². The van der Waals surface area contributed by atoms with Gasteiger partial charge in [-0.15, -0.1) is 0 Å². The summed E-state index contributed by atoms with van der Waals surface area (Å²) in [4.78, 5) is 21.8. The lowest BCUT2D eigenvalue weighted by atomic mass is 10.2.